The molecule has 1 saturated carbocycles. The van der Waals surface area contributed by atoms with Gasteiger partial charge < -0.3 is 5.32 Å². The van der Waals surface area contributed by atoms with E-state index >= 15 is 0 Å². The molecule has 2 atom stereocenters. The highest BCUT2D eigenvalue weighted by atomic mass is 14.9. The van der Waals surface area contributed by atoms with Gasteiger partial charge in [-0.25, -0.2) is 0 Å². The Morgan fingerprint density at radius 3 is 2.50 bits per heavy atom. The fourth-order valence-electron chi connectivity index (χ4n) is 2.13. The molecule has 0 aromatic heterocycles. The lowest BCUT2D eigenvalue weighted by molar-refractivity contribution is 0.345. The van der Waals surface area contributed by atoms with Gasteiger partial charge in [-0.2, -0.15) is 0 Å². The van der Waals surface area contributed by atoms with Crippen molar-refractivity contribution in [1.29, 1.82) is 0 Å². The molecular formula is C9H17N. The number of rotatable bonds is 2. The van der Waals surface area contributed by atoms with Gasteiger partial charge in [-0.1, -0.05) is 6.92 Å². The van der Waals surface area contributed by atoms with Crippen molar-refractivity contribution in [1.82, 2.24) is 5.32 Å². The third-order valence-corrected chi connectivity index (χ3v) is 3.21. The maximum absolute atomic E-state index is 3.44. The van der Waals surface area contributed by atoms with Crippen molar-refractivity contribution >= 4 is 0 Å². The molecule has 2 rings (SSSR count). The lowest BCUT2D eigenvalue weighted by Gasteiger charge is -2.16. The predicted molar refractivity (Wildman–Crippen MR) is 42.9 cm³/mol. The van der Waals surface area contributed by atoms with Crippen molar-refractivity contribution in [3.05, 3.63) is 0 Å². The van der Waals surface area contributed by atoms with Crippen molar-refractivity contribution in [2.24, 2.45) is 17.8 Å². The minimum Gasteiger partial charge on any atom is -0.316 e. The van der Waals surface area contributed by atoms with Crippen LogP contribution in [0.4, 0.5) is 0 Å². The van der Waals surface area contributed by atoms with Crippen LogP contribution in [0.15, 0.2) is 0 Å². The van der Waals surface area contributed by atoms with Crippen LogP contribution in [0.5, 0.6) is 0 Å². The first-order valence-corrected chi connectivity index (χ1v) is 4.58. The van der Waals surface area contributed by atoms with Gasteiger partial charge in [-0.3, -0.25) is 0 Å². The lowest BCUT2D eigenvalue weighted by Crippen LogP contribution is -2.16. The van der Waals surface area contributed by atoms with E-state index in [0.717, 1.165) is 17.8 Å². The molecule has 0 aromatic rings. The summed E-state index contributed by atoms with van der Waals surface area (Å²) < 4.78 is 0. The third-order valence-electron chi connectivity index (χ3n) is 3.21. The molecule has 58 valence electrons. The summed E-state index contributed by atoms with van der Waals surface area (Å²) in [5, 5.41) is 3.44. The van der Waals surface area contributed by atoms with Crippen LogP contribution in [0, 0.1) is 17.8 Å². The monoisotopic (exact) mass is 139 g/mol. The highest BCUT2D eigenvalue weighted by Crippen LogP contribution is 2.41. The smallest absolute Gasteiger partial charge is 0.00174 e. The van der Waals surface area contributed by atoms with E-state index in [1.54, 1.807) is 0 Å². The van der Waals surface area contributed by atoms with Gasteiger partial charge >= 0.3 is 0 Å². The molecule has 0 aromatic carbocycles. The molecule has 2 aliphatic rings. The Hall–Kier alpha value is -0.0400. The maximum atomic E-state index is 3.44. The summed E-state index contributed by atoms with van der Waals surface area (Å²) in [6.45, 7) is 4.99. The molecule has 1 heterocycles. The van der Waals surface area contributed by atoms with Crippen LogP contribution < -0.4 is 5.32 Å². The number of hydrogen-bond acceptors (Lipinski definition) is 1. The van der Waals surface area contributed by atoms with E-state index in [-0.39, 0.29) is 0 Å². The summed E-state index contributed by atoms with van der Waals surface area (Å²) in [6, 6.07) is 0. The Morgan fingerprint density at radius 2 is 2.00 bits per heavy atom. The summed E-state index contributed by atoms with van der Waals surface area (Å²) in [5.74, 6) is 3.12. The van der Waals surface area contributed by atoms with E-state index in [4.69, 9.17) is 0 Å². The SMILES string of the molecule is CC(C1CC1)C1CCNC1. The molecule has 2 unspecified atom stereocenters. The van der Waals surface area contributed by atoms with E-state index in [2.05, 4.69) is 12.2 Å². The van der Waals surface area contributed by atoms with E-state index in [0.29, 0.717) is 0 Å². The first-order chi connectivity index (χ1) is 4.88. The van der Waals surface area contributed by atoms with Gasteiger partial charge in [0.25, 0.3) is 0 Å². The Balaban J connectivity index is 1.84. The molecule has 1 saturated heterocycles. The Kier molecular flexibility index (Phi) is 1.69. The molecule has 1 aliphatic carbocycles. The molecule has 0 amide bonds. The third kappa shape index (κ3) is 1.20. The molecule has 1 heteroatoms. The van der Waals surface area contributed by atoms with Gasteiger partial charge in [-0.05, 0) is 50.1 Å². The maximum Gasteiger partial charge on any atom is -0.00174 e. The van der Waals surface area contributed by atoms with E-state index in [1.807, 2.05) is 0 Å². The lowest BCUT2D eigenvalue weighted by atomic mass is 9.89. The Labute approximate surface area is 63.2 Å². The van der Waals surface area contributed by atoms with Crippen LogP contribution in [0.1, 0.15) is 26.2 Å². The van der Waals surface area contributed by atoms with Crippen LogP contribution in [-0.2, 0) is 0 Å². The van der Waals surface area contributed by atoms with Crippen LogP contribution >= 0.6 is 0 Å². The predicted octanol–water partition coefficient (Wildman–Crippen LogP) is 1.64. The van der Waals surface area contributed by atoms with Crippen LogP contribution in [0.25, 0.3) is 0 Å². The van der Waals surface area contributed by atoms with E-state index in [9.17, 15) is 0 Å². The van der Waals surface area contributed by atoms with Crippen molar-refractivity contribution in [3.63, 3.8) is 0 Å². The molecule has 0 spiro atoms. The van der Waals surface area contributed by atoms with Crippen LogP contribution in [0.2, 0.25) is 0 Å². The zero-order chi connectivity index (χ0) is 6.97. The minimum absolute atomic E-state index is 1.01. The molecule has 1 N–H and O–H groups in total. The van der Waals surface area contributed by atoms with Gasteiger partial charge in [0.05, 0.1) is 0 Å². The topological polar surface area (TPSA) is 12.0 Å². The van der Waals surface area contributed by atoms with E-state index in [1.165, 1.54) is 32.4 Å². The summed E-state index contributed by atoms with van der Waals surface area (Å²) in [7, 11) is 0. The summed E-state index contributed by atoms with van der Waals surface area (Å²) in [4.78, 5) is 0. The fraction of sp³-hybridized carbons (Fsp3) is 1.00. The Morgan fingerprint density at radius 1 is 1.20 bits per heavy atom. The average molecular weight is 139 g/mol. The largest absolute Gasteiger partial charge is 0.316 e. The quantitative estimate of drug-likeness (QED) is 0.613. The van der Waals surface area contributed by atoms with Gasteiger partial charge in [0.15, 0.2) is 0 Å². The van der Waals surface area contributed by atoms with Gasteiger partial charge in [0.1, 0.15) is 0 Å². The first kappa shape index (κ1) is 6.66. The van der Waals surface area contributed by atoms with Gasteiger partial charge in [0, 0.05) is 0 Å². The Bertz CT molecular complexity index is 112. The van der Waals surface area contributed by atoms with Crippen LogP contribution in [0.3, 0.4) is 0 Å². The zero-order valence-electron chi connectivity index (χ0n) is 6.77. The molecule has 10 heavy (non-hydrogen) atoms. The number of hydrogen-bond donors (Lipinski definition) is 1. The second-order valence-corrected chi connectivity index (χ2v) is 3.95. The van der Waals surface area contributed by atoms with Crippen molar-refractivity contribution < 1.29 is 0 Å². The highest BCUT2D eigenvalue weighted by Gasteiger charge is 2.34. The number of nitrogens with one attached hydrogen (secondary N) is 1. The molecule has 0 bridgehead atoms. The zero-order valence-corrected chi connectivity index (χ0v) is 6.77. The minimum atomic E-state index is 1.01. The molecule has 1 nitrogen and oxygen atoms in total. The first-order valence-electron chi connectivity index (χ1n) is 4.58. The standard InChI is InChI=1S/C9H17N/c1-7(8-2-3-8)9-4-5-10-6-9/h7-10H,2-6H2,1H3. The van der Waals surface area contributed by atoms with Crippen LogP contribution in [-0.4, -0.2) is 13.1 Å². The molecular weight excluding hydrogens is 122 g/mol. The second kappa shape index (κ2) is 2.54. The summed E-state index contributed by atoms with van der Waals surface area (Å²) in [6.07, 6.45) is 4.45. The van der Waals surface area contributed by atoms with Gasteiger partial charge in [0.2, 0.25) is 0 Å². The summed E-state index contributed by atoms with van der Waals surface area (Å²) >= 11 is 0. The summed E-state index contributed by atoms with van der Waals surface area (Å²) in [5.41, 5.74) is 0. The molecule has 1 aliphatic heterocycles. The molecule has 0 radical (unpaired) electrons. The van der Waals surface area contributed by atoms with E-state index < -0.39 is 0 Å². The normalized spacial score (nSPS) is 36.3. The second-order valence-electron chi connectivity index (χ2n) is 3.95. The van der Waals surface area contributed by atoms with Crippen molar-refractivity contribution in [2.45, 2.75) is 26.2 Å². The average Bonchev–Trinajstić information content (AvgIpc) is 2.65. The van der Waals surface area contributed by atoms with Crippen molar-refractivity contribution in [3.8, 4) is 0 Å². The molecule has 2 fully saturated rings. The fourth-order valence-corrected chi connectivity index (χ4v) is 2.13. The van der Waals surface area contributed by atoms with Gasteiger partial charge in [-0.15, -0.1) is 0 Å². The highest BCUT2D eigenvalue weighted by molar-refractivity contribution is 4.86. The van der Waals surface area contributed by atoms with Crippen molar-refractivity contribution in [2.75, 3.05) is 13.1 Å².